The van der Waals surface area contributed by atoms with E-state index in [1.165, 1.54) is 4.31 Å². The van der Waals surface area contributed by atoms with Crippen molar-refractivity contribution in [2.24, 2.45) is 0 Å². The van der Waals surface area contributed by atoms with Crippen LogP contribution >= 0.6 is 11.6 Å². The molecule has 4 nitrogen and oxygen atoms in total. The van der Waals surface area contributed by atoms with E-state index in [1.807, 2.05) is 20.0 Å². The normalized spacial score (nSPS) is 17.1. The summed E-state index contributed by atoms with van der Waals surface area (Å²) in [5.74, 6) is 0. The Hall–Kier alpha value is -0.880. The summed E-state index contributed by atoms with van der Waals surface area (Å²) in [5, 5.41) is 3.28. The largest absolute Gasteiger partial charge is 0.316 e. The van der Waals surface area contributed by atoms with Crippen LogP contribution in [-0.4, -0.2) is 32.9 Å². The quantitative estimate of drug-likeness (QED) is 0.868. The second-order valence-corrected chi connectivity index (χ2v) is 7.29. The Kier molecular flexibility index (Phi) is 4.86. The van der Waals surface area contributed by atoms with Gasteiger partial charge in [0.2, 0.25) is 10.0 Å². The third-order valence-corrected chi connectivity index (χ3v) is 5.62. The molecule has 0 aliphatic carbocycles. The standard InChI is InChI=1S/C14H19ClN2O2S/c1-11-4-3-7-17(10-11)20(18,19)14-8-12(9-16-2)5-6-13(14)15/h4-6,8,16H,3,7,9-10H2,1-2H3. The molecule has 0 saturated carbocycles. The molecule has 20 heavy (non-hydrogen) atoms. The zero-order valence-electron chi connectivity index (χ0n) is 11.7. The molecule has 1 aliphatic heterocycles. The average molecular weight is 315 g/mol. The van der Waals surface area contributed by atoms with Gasteiger partial charge in [0.15, 0.2) is 0 Å². The molecule has 110 valence electrons. The van der Waals surface area contributed by atoms with Crippen molar-refractivity contribution in [1.29, 1.82) is 0 Å². The predicted octanol–water partition coefficient (Wildman–Crippen LogP) is 2.40. The molecule has 0 unspecified atom stereocenters. The zero-order chi connectivity index (χ0) is 14.8. The molecule has 0 atom stereocenters. The van der Waals surface area contributed by atoms with E-state index in [9.17, 15) is 8.42 Å². The van der Waals surface area contributed by atoms with E-state index >= 15 is 0 Å². The molecule has 0 radical (unpaired) electrons. The Morgan fingerprint density at radius 1 is 1.40 bits per heavy atom. The van der Waals surface area contributed by atoms with Crippen LogP contribution in [0.4, 0.5) is 0 Å². The highest BCUT2D eigenvalue weighted by Gasteiger charge is 2.28. The lowest BCUT2D eigenvalue weighted by molar-refractivity contribution is 0.428. The van der Waals surface area contributed by atoms with Crippen LogP contribution in [0.1, 0.15) is 18.9 Å². The maximum atomic E-state index is 12.7. The van der Waals surface area contributed by atoms with Crippen molar-refractivity contribution < 1.29 is 8.42 Å². The molecule has 0 fully saturated rings. The van der Waals surface area contributed by atoms with Gasteiger partial charge in [0, 0.05) is 19.6 Å². The summed E-state index contributed by atoms with van der Waals surface area (Å²) in [6.07, 6.45) is 2.82. The lowest BCUT2D eigenvalue weighted by atomic mass is 10.2. The van der Waals surface area contributed by atoms with Gasteiger partial charge in [-0.3, -0.25) is 0 Å². The molecular formula is C14H19ClN2O2S. The fraction of sp³-hybridized carbons (Fsp3) is 0.429. The maximum absolute atomic E-state index is 12.7. The molecule has 1 heterocycles. The maximum Gasteiger partial charge on any atom is 0.244 e. The van der Waals surface area contributed by atoms with Crippen molar-refractivity contribution in [2.45, 2.75) is 24.8 Å². The third kappa shape index (κ3) is 3.23. The number of sulfonamides is 1. The van der Waals surface area contributed by atoms with Crippen LogP contribution in [-0.2, 0) is 16.6 Å². The van der Waals surface area contributed by atoms with Crippen LogP contribution in [0.3, 0.4) is 0 Å². The van der Waals surface area contributed by atoms with Crippen molar-refractivity contribution in [3.8, 4) is 0 Å². The molecule has 1 aromatic rings. The summed E-state index contributed by atoms with van der Waals surface area (Å²) in [6, 6.07) is 5.13. The summed E-state index contributed by atoms with van der Waals surface area (Å²) in [5.41, 5.74) is 1.97. The molecule has 0 bridgehead atoms. The second-order valence-electron chi connectivity index (χ2n) is 4.97. The number of nitrogens with one attached hydrogen (secondary N) is 1. The lowest BCUT2D eigenvalue weighted by Crippen LogP contribution is -2.35. The van der Waals surface area contributed by atoms with E-state index < -0.39 is 10.0 Å². The number of rotatable bonds is 4. The highest BCUT2D eigenvalue weighted by Crippen LogP contribution is 2.27. The highest BCUT2D eigenvalue weighted by atomic mass is 35.5. The molecule has 0 aromatic heterocycles. The zero-order valence-corrected chi connectivity index (χ0v) is 13.3. The van der Waals surface area contributed by atoms with Gasteiger partial charge >= 0.3 is 0 Å². The van der Waals surface area contributed by atoms with E-state index in [4.69, 9.17) is 11.6 Å². The van der Waals surface area contributed by atoms with Gasteiger partial charge in [-0.05, 0) is 38.1 Å². The summed E-state index contributed by atoms with van der Waals surface area (Å²) in [7, 11) is -1.71. The Balaban J connectivity index is 2.38. The number of halogens is 1. The van der Waals surface area contributed by atoms with Crippen molar-refractivity contribution in [2.75, 3.05) is 20.1 Å². The van der Waals surface area contributed by atoms with Crippen molar-refractivity contribution in [3.63, 3.8) is 0 Å². The monoisotopic (exact) mass is 314 g/mol. The first-order chi connectivity index (χ1) is 9.45. The Labute approximate surface area is 125 Å². The first-order valence-corrected chi connectivity index (χ1v) is 8.36. The van der Waals surface area contributed by atoms with Crippen molar-refractivity contribution >= 4 is 21.6 Å². The fourth-order valence-corrected chi connectivity index (χ4v) is 4.30. The summed E-state index contributed by atoms with van der Waals surface area (Å²) in [4.78, 5) is 0.196. The first-order valence-electron chi connectivity index (χ1n) is 6.54. The number of hydrogen-bond donors (Lipinski definition) is 1. The van der Waals surface area contributed by atoms with Crippen LogP contribution in [0, 0.1) is 0 Å². The number of benzene rings is 1. The van der Waals surface area contributed by atoms with Gasteiger partial charge in [-0.15, -0.1) is 0 Å². The minimum Gasteiger partial charge on any atom is -0.316 e. The molecule has 1 aliphatic rings. The molecule has 0 spiro atoms. The Bertz CT molecular complexity index is 626. The molecule has 1 aromatic carbocycles. The van der Waals surface area contributed by atoms with Gasteiger partial charge in [0.1, 0.15) is 4.90 Å². The molecule has 0 amide bonds. The third-order valence-electron chi connectivity index (χ3n) is 3.29. The Morgan fingerprint density at radius 2 is 2.15 bits per heavy atom. The van der Waals surface area contributed by atoms with E-state index in [2.05, 4.69) is 11.4 Å². The van der Waals surface area contributed by atoms with Crippen LogP contribution in [0.15, 0.2) is 34.7 Å². The number of hydrogen-bond acceptors (Lipinski definition) is 3. The van der Waals surface area contributed by atoms with Gasteiger partial charge in [0.05, 0.1) is 5.02 Å². The van der Waals surface area contributed by atoms with E-state index in [1.54, 1.807) is 12.1 Å². The fourth-order valence-electron chi connectivity index (χ4n) is 2.28. The first kappa shape index (κ1) is 15.5. The minimum absolute atomic E-state index is 0.196. The highest BCUT2D eigenvalue weighted by molar-refractivity contribution is 7.89. The van der Waals surface area contributed by atoms with Gasteiger partial charge < -0.3 is 5.32 Å². The van der Waals surface area contributed by atoms with Gasteiger partial charge in [-0.1, -0.05) is 29.3 Å². The van der Waals surface area contributed by atoms with Crippen LogP contribution < -0.4 is 5.32 Å². The number of nitrogens with zero attached hydrogens (tertiary/aromatic N) is 1. The summed E-state index contributed by atoms with van der Waals surface area (Å²) in [6.45, 7) is 3.50. The SMILES string of the molecule is CNCc1ccc(Cl)c(S(=O)(=O)N2CCC=C(C)C2)c1. The second kappa shape index (κ2) is 6.26. The molecule has 6 heteroatoms. The van der Waals surface area contributed by atoms with Gasteiger partial charge in [-0.2, -0.15) is 4.31 Å². The lowest BCUT2D eigenvalue weighted by Gasteiger charge is -2.26. The van der Waals surface area contributed by atoms with E-state index in [-0.39, 0.29) is 9.92 Å². The van der Waals surface area contributed by atoms with E-state index in [0.717, 1.165) is 17.6 Å². The van der Waals surface area contributed by atoms with Gasteiger partial charge in [-0.25, -0.2) is 8.42 Å². The molecular weight excluding hydrogens is 296 g/mol. The minimum atomic E-state index is -3.53. The van der Waals surface area contributed by atoms with Crippen molar-refractivity contribution in [3.05, 3.63) is 40.4 Å². The average Bonchev–Trinajstić information content (AvgIpc) is 2.41. The smallest absolute Gasteiger partial charge is 0.244 e. The predicted molar refractivity (Wildman–Crippen MR) is 81.3 cm³/mol. The summed E-state index contributed by atoms with van der Waals surface area (Å²) >= 11 is 6.10. The molecule has 1 N–H and O–H groups in total. The van der Waals surface area contributed by atoms with Crippen molar-refractivity contribution in [1.82, 2.24) is 9.62 Å². The Morgan fingerprint density at radius 3 is 2.80 bits per heavy atom. The van der Waals surface area contributed by atoms with Crippen LogP contribution in [0.25, 0.3) is 0 Å². The molecule has 0 saturated heterocycles. The topological polar surface area (TPSA) is 49.4 Å². The van der Waals surface area contributed by atoms with Gasteiger partial charge in [0.25, 0.3) is 0 Å². The molecule has 2 rings (SSSR count). The van der Waals surface area contributed by atoms with Crippen LogP contribution in [0.2, 0.25) is 5.02 Å². The summed E-state index contributed by atoms with van der Waals surface area (Å²) < 4.78 is 26.9. The van der Waals surface area contributed by atoms with E-state index in [0.29, 0.717) is 19.6 Å². The van der Waals surface area contributed by atoms with Crippen LogP contribution in [0.5, 0.6) is 0 Å².